The lowest BCUT2D eigenvalue weighted by Gasteiger charge is -2.31. The van der Waals surface area contributed by atoms with Crippen LogP contribution in [-0.2, 0) is 0 Å². The van der Waals surface area contributed by atoms with E-state index < -0.39 is 0 Å². The number of likely N-dealkylation sites (tertiary alicyclic amines) is 1. The molecule has 3 heterocycles. The highest BCUT2D eigenvalue weighted by Crippen LogP contribution is 2.29. The number of rotatable bonds is 3. The van der Waals surface area contributed by atoms with Crippen molar-refractivity contribution in [2.24, 2.45) is 0 Å². The number of amides is 1. The third kappa shape index (κ3) is 3.11. The molecular formula is C16H19N3O2S. The van der Waals surface area contributed by atoms with E-state index in [9.17, 15) is 4.79 Å². The third-order valence-electron chi connectivity index (χ3n) is 3.88. The Hall–Kier alpha value is -1.95. The van der Waals surface area contributed by atoms with E-state index in [0.29, 0.717) is 23.9 Å². The Labute approximate surface area is 134 Å². The molecule has 0 aliphatic carbocycles. The summed E-state index contributed by atoms with van der Waals surface area (Å²) in [5.74, 6) is 0.960. The van der Waals surface area contributed by atoms with Crippen molar-refractivity contribution in [2.45, 2.75) is 25.7 Å². The molecule has 1 atom stereocenters. The van der Waals surface area contributed by atoms with Gasteiger partial charge in [0.15, 0.2) is 0 Å². The molecule has 1 saturated heterocycles. The molecule has 6 heteroatoms. The quantitative estimate of drug-likeness (QED) is 0.873. The average Bonchev–Trinajstić information content (AvgIpc) is 3.01. The van der Waals surface area contributed by atoms with Crippen LogP contribution in [0.1, 0.15) is 39.9 Å². The van der Waals surface area contributed by atoms with Gasteiger partial charge in [-0.25, -0.2) is 4.98 Å². The summed E-state index contributed by atoms with van der Waals surface area (Å²) in [6, 6.07) is 3.44. The summed E-state index contributed by atoms with van der Waals surface area (Å²) in [4.78, 5) is 23.3. The Morgan fingerprint density at radius 2 is 2.36 bits per heavy atom. The van der Waals surface area contributed by atoms with Crippen LogP contribution in [0.25, 0.3) is 0 Å². The number of carbonyl (C=O) groups excluding carboxylic acids is 1. The molecule has 0 bridgehead atoms. The summed E-state index contributed by atoms with van der Waals surface area (Å²) in [5, 5.41) is 3.20. The van der Waals surface area contributed by atoms with Gasteiger partial charge in [-0.1, -0.05) is 0 Å². The van der Waals surface area contributed by atoms with Gasteiger partial charge in [0.25, 0.3) is 5.91 Å². The van der Waals surface area contributed by atoms with E-state index in [0.717, 1.165) is 30.1 Å². The Balaban J connectivity index is 1.75. The lowest BCUT2D eigenvalue weighted by molar-refractivity contribution is 0.0700. The van der Waals surface area contributed by atoms with Crippen molar-refractivity contribution in [2.75, 3.05) is 20.2 Å². The van der Waals surface area contributed by atoms with Gasteiger partial charge in [0.2, 0.25) is 0 Å². The van der Waals surface area contributed by atoms with E-state index in [1.165, 1.54) is 0 Å². The van der Waals surface area contributed by atoms with Crippen molar-refractivity contribution < 1.29 is 9.53 Å². The molecule has 0 radical (unpaired) electrons. The highest BCUT2D eigenvalue weighted by Gasteiger charge is 2.27. The number of thiazole rings is 1. The fraction of sp³-hybridized carbons (Fsp3) is 0.438. The normalized spacial score (nSPS) is 18.3. The van der Waals surface area contributed by atoms with Crippen LogP contribution >= 0.6 is 11.3 Å². The number of carbonyl (C=O) groups is 1. The Morgan fingerprint density at radius 1 is 1.50 bits per heavy atom. The standard InChI is InChI=1S/C16H19N3O2S/c1-11-10-22-15(18-11)12-4-3-7-19(9-12)16(20)14-8-13(21-2)5-6-17-14/h5-6,8,10,12H,3-4,7,9H2,1-2H3/t12-/m0/s1. The minimum absolute atomic E-state index is 0.0307. The van der Waals surface area contributed by atoms with Gasteiger partial charge in [-0.15, -0.1) is 11.3 Å². The van der Waals surface area contributed by atoms with Gasteiger partial charge >= 0.3 is 0 Å². The van der Waals surface area contributed by atoms with E-state index >= 15 is 0 Å². The Kier molecular flexibility index (Phi) is 4.38. The highest BCUT2D eigenvalue weighted by molar-refractivity contribution is 7.09. The van der Waals surface area contributed by atoms with Gasteiger partial charge in [-0.3, -0.25) is 9.78 Å². The molecular weight excluding hydrogens is 298 g/mol. The second-order valence-corrected chi connectivity index (χ2v) is 6.39. The smallest absolute Gasteiger partial charge is 0.272 e. The van der Waals surface area contributed by atoms with Crippen LogP contribution in [0.4, 0.5) is 0 Å². The van der Waals surface area contributed by atoms with Gasteiger partial charge in [-0.2, -0.15) is 0 Å². The lowest BCUT2D eigenvalue weighted by Crippen LogP contribution is -2.39. The van der Waals surface area contributed by atoms with Crippen LogP contribution in [0.15, 0.2) is 23.7 Å². The van der Waals surface area contributed by atoms with Gasteiger partial charge < -0.3 is 9.64 Å². The first-order valence-corrected chi connectivity index (χ1v) is 8.26. The first-order valence-electron chi connectivity index (χ1n) is 7.38. The SMILES string of the molecule is COc1ccnc(C(=O)N2CCC[C@H](c3nc(C)cs3)C2)c1. The van der Waals surface area contributed by atoms with Crippen LogP contribution in [0.3, 0.4) is 0 Å². The van der Waals surface area contributed by atoms with Crippen molar-refractivity contribution in [3.63, 3.8) is 0 Å². The number of aryl methyl sites for hydroxylation is 1. The van der Waals surface area contributed by atoms with E-state index in [4.69, 9.17) is 4.74 Å². The van der Waals surface area contributed by atoms with Crippen molar-refractivity contribution in [1.82, 2.24) is 14.9 Å². The van der Waals surface area contributed by atoms with Crippen molar-refractivity contribution in [1.29, 1.82) is 0 Å². The Bertz CT molecular complexity index is 671. The number of methoxy groups -OCH3 is 1. The maximum absolute atomic E-state index is 12.6. The van der Waals surface area contributed by atoms with Crippen LogP contribution in [0, 0.1) is 6.92 Å². The molecule has 5 nitrogen and oxygen atoms in total. The minimum Gasteiger partial charge on any atom is -0.497 e. The summed E-state index contributed by atoms with van der Waals surface area (Å²) in [6.45, 7) is 3.50. The first-order chi connectivity index (χ1) is 10.7. The van der Waals surface area contributed by atoms with Gasteiger partial charge in [0.1, 0.15) is 11.4 Å². The number of ether oxygens (including phenoxy) is 1. The van der Waals surface area contributed by atoms with Crippen molar-refractivity contribution in [3.05, 3.63) is 40.1 Å². The molecule has 0 aromatic carbocycles. The zero-order chi connectivity index (χ0) is 15.5. The molecule has 2 aromatic heterocycles. The topological polar surface area (TPSA) is 55.3 Å². The second kappa shape index (κ2) is 6.44. The van der Waals surface area contributed by atoms with Crippen molar-refractivity contribution in [3.8, 4) is 5.75 Å². The summed E-state index contributed by atoms with van der Waals surface area (Å²) < 4.78 is 5.17. The lowest BCUT2D eigenvalue weighted by atomic mass is 9.98. The number of nitrogens with zero attached hydrogens (tertiary/aromatic N) is 3. The summed E-state index contributed by atoms with van der Waals surface area (Å²) in [7, 11) is 1.59. The predicted octanol–water partition coefficient (Wildman–Crippen LogP) is 2.87. The first kappa shape index (κ1) is 15.0. The fourth-order valence-electron chi connectivity index (χ4n) is 2.74. The van der Waals surface area contributed by atoms with Crippen LogP contribution < -0.4 is 4.74 Å². The molecule has 3 rings (SSSR count). The number of pyridine rings is 1. The minimum atomic E-state index is -0.0307. The van der Waals surface area contributed by atoms with E-state index in [2.05, 4.69) is 15.3 Å². The number of hydrogen-bond donors (Lipinski definition) is 0. The zero-order valence-electron chi connectivity index (χ0n) is 12.8. The Morgan fingerprint density at radius 3 is 3.09 bits per heavy atom. The van der Waals surface area contributed by atoms with E-state index in [1.807, 2.05) is 11.8 Å². The molecule has 0 N–H and O–H groups in total. The molecule has 1 amide bonds. The van der Waals surface area contributed by atoms with Crippen LogP contribution in [0.5, 0.6) is 5.75 Å². The van der Waals surface area contributed by atoms with E-state index in [-0.39, 0.29) is 5.91 Å². The number of piperidine rings is 1. The molecule has 0 spiro atoms. The molecule has 0 unspecified atom stereocenters. The highest BCUT2D eigenvalue weighted by atomic mass is 32.1. The molecule has 116 valence electrons. The fourth-order valence-corrected chi connectivity index (χ4v) is 3.67. The molecule has 1 fully saturated rings. The number of aromatic nitrogens is 2. The van der Waals surface area contributed by atoms with Crippen LogP contribution in [-0.4, -0.2) is 41.0 Å². The maximum Gasteiger partial charge on any atom is 0.272 e. The average molecular weight is 317 g/mol. The van der Waals surface area contributed by atoms with Gasteiger partial charge in [0, 0.05) is 42.3 Å². The van der Waals surface area contributed by atoms with E-state index in [1.54, 1.807) is 36.8 Å². The molecule has 1 aliphatic rings. The summed E-state index contributed by atoms with van der Waals surface area (Å²) in [5.41, 5.74) is 1.49. The zero-order valence-corrected chi connectivity index (χ0v) is 13.6. The molecule has 22 heavy (non-hydrogen) atoms. The largest absolute Gasteiger partial charge is 0.497 e. The second-order valence-electron chi connectivity index (χ2n) is 5.50. The van der Waals surface area contributed by atoms with Crippen molar-refractivity contribution >= 4 is 17.2 Å². The van der Waals surface area contributed by atoms with Gasteiger partial charge in [0.05, 0.1) is 12.1 Å². The maximum atomic E-state index is 12.6. The monoisotopic (exact) mass is 317 g/mol. The van der Waals surface area contributed by atoms with Crippen LogP contribution in [0.2, 0.25) is 0 Å². The summed E-state index contributed by atoms with van der Waals surface area (Å²) in [6.07, 6.45) is 3.69. The third-order valence-corrected chi connectivity index (χ3v) is 5.01. The molecule has 0 saturated carbocycles. The summed E-state index contributed by atoms with van der Waals surface area (Å²) >= 11 is 1.69. The number of hydrogen-bond acceptors (Lipinski definition) is 5. The molecule has 2 aromatic rings. The van der Waals surface area contributed by atoms with Gasteiger partial charge in [-0.05, 0) is 25.8 Å². The molecule has 1 aliphatic heterocycles. The predicted molar refractivity (Wildman–Crippen MR) is 85.5 cm³/mol.